The van der Waals surface area contributed by atoms with Crippen molar-refractivity contribution in [3.8, 4) is 5.75 Å². The summed E-state index contributed by atoms with van der Waals surface area (Å²) in [6.07, 6.45) is 5.34. The van der Waals surface area contributed by atoms with Crippen LogP contribution in [0.25, 0.3) is 0 Å². The zero-order valence-corrected chi connectivity index (χ0v) is 10.8. The third-order valence-electron chi connectivity index (χ3n) is 2.79. The predicted octanol–water partition coefficient (Wildman–Crippen LogP) is 3.77. The Labute approximate surface area is 107 Å². The average Bonchev–Trinajstić information content (AvgIpc) is 2.35. The molecule has 1 aromatic rings. The van der Waals surface area contributed by atoms with Crippen molar-refractivity contribution >= 4 is 0 Å². The van der Waals surface area contributed by atoms with Gasteiger partial charge >= 0.3 is 0 Å². The third-order valence-corrected chi connectivity index (χ3v) is 2.79. The maximum Gasteiger partial charge on any atom is 0.190 e. The van der Waals surface area contributed by atoms with Crippen LogP contribution in [0.4, 0.5) is 8.78 Å². The number of hydrogen-bond donors (Lipinski definition) is 1. The van der Waals surface area contributed by atoms with Gasteiger partial charge in [0.05, 0.1) is 6.61 Å². The highest BCUT2D eigenvalue weighted by molar-refractivity contribution is 5.31. The fraction of sp³-hybridized carbons (Fsp3) is 0.571. The van der Waals surface area contributed by atoms with Crippen LogP contribution >= 0.6 is 0 Å². The van der Waals surface area contributed by atoms with Crippen molar-refractivity contribution in [1.29, 1.82) is 0 Å². The maximum absolute atomic E-state index is 13.5. The summed E-state index contributed by atoms with van der Waals surface area (Å²) in [5.41, 5.74) is 5.76. The monoisotopic (exact) mass is 257 g/mol. The fourth-order valence-electron chi connectivity index (χ4n) is 1.75. The van der Waals surface area contributed by atoms with Gasteiger partial charge in [-0.25, -0.2) is 8.78 Å². The van der Waals surface area contributed by atoms with Gasteiger partial charge in [-0.3, -0.25) is 0 Å². The third kappa shape index (κ3) is 4.61. The van der Waals surface area contributed by atoms with Gasteiger partial charge in [-0.2, -0.15) is 0 Å². The first-order valence-corrected chi connectivity index (χ1v) is 6.49. The average molecular weight is 257 g/mol. The Morgan fingerprint density at radius 3 is 2.22 bits per heavy atom. The van der Waals surface area contributed by atoms with Crippen LogP contribution in [-0.4, -0.2) is 6.61 Å². The van der Waals surface area contributed by atoms with E-state index in [-0.39, 0.29) is 12.3 Å². The lowest BCUT2D eigenvalue weighted by molar-refractivity contribution is 0.275. The molecule has 0 aromatic heterocycles. The minimum atomic E-state index is -0.677. The zero-order chi connectivity index (χ0) is 13.4. The van der Waals surface area contributed by atoms with Crippen molar-refractivity contribution in [1.82, 2.24) is 0 Å². The molecule has 1 rings (SSSR count). The second kappa shape index (κ2) is 8.03. The number of rotatable bonds is 8. The van der Waals surface area contributed by atoms with Crippen molar-refractivity contribution in [3.63, 3.8) is 0 Å². The van der Waals surface area contributed by atoms with E-state index in [1.165, 1.54) is 25.0 Å². The van der Waals surface area contributed by atoms with Crippen molar-refractivity contribution in [3.05, 3.63) is 29.3 Å². The Hall–Kier alpha value is -1.16. The molecule has 4 heteroatoms. The van der Waals surface area contributed by atoms with Crippen LogP contribution in [0.5, 0.6) is 5.75 Å². The van der Waals surface area contributed by atoms with Crippen molar-refractivity contribution < 1.29 is 13.5 Å². The van der Waals surface area contributed by atoms with E-state index < -0.39 is 11.6 Å². The van der Waals surface area contributed by atoms with Crippen LogP contribution < -0.4 is 10.5 Å². The minimum absolute atomic E-state index is 0.116. The van der Waals surface area contributed by atoms with Crippen LogP contribution in [-0.2, 0) is 6.54 Å². The Bertz CT molecular complexity index is 346. The van der Waals surface area contributed by atoms with E-state index in [0.29, 0.717) is 12.2 Å². The lowest BCUT2D eigenvalue weighted by atomic mass is 10.1. The summed E-state index contributed by atoms with van der Waals surface area (Å²) in [5.74, 6) is -1.64. The summed E-state index contributed by atoms with van der Waals surface area (Å²) in [6.45, 7) is 2.60. The second-order valence-corrected chi connectivity index (χ2v) is 4.36. The van der Waals surface area contributed by atoms with E-state index in [1.807, 2.05) is 0 Å². The molecular weight excluding hydrogens is 236 g/mol. The molecule has 0 aliphatic heterocycles. The largest absolute Gasteiger partial charge is 0.488 e. The standard InChI is InChI=1S/C14H21F2NO/c1-2-3-4-5-6-7-18-14-12(15)8-11(10-17)9-13(14)16/h8-9H,2-7,10,17H2,1H3. The molecule has 0 saturated carbocycles. The van der Waals surface area contributed by atoms with Gasteiger partial charge in [0, 0.05) is 6.54 Å². The first-order valence-electron chi connectivity index (χ1n) is 6.49. The van der Waals surface area contributed by atoms with Crippen molar-refractivity contribution in [2.75, 3.05) is 6.61 Å². The molecule has 18 heavy (non-hydrogen) atoms. The van der Waals surface area contributed by atoms with Gasteiger partial charge in [-0.05, 0) is 24.1 Å². The zero-order valence-electron chi connectivity index (χ0n) is 10.8. The predicted molar refractivity (Wildman–Crippen MR) is 68.5 cm³/mol. The van der Waals surface area contributed by atoms with Crippen LogP contribution in [0.3, 0.4) is 0 Å². The highest BCUT2D eigenvalue weighted by Gasteiger charge is 2.11. The normalized spacial score (nSPS) is 10.7. The van der Waals surface area contributed by atoms with Gasteiger partial charge in [-0.1, -0.05) is 32.6 Å². The van der Waals surface area contributed by atoms with Gasteiger partial charge < -0.3 is 10.5 Å². The van der Waals surface area contributed by atoms with Crippen LogP contribution in [0, 0.1) is 11.6 Å². The van der Waals surface area contributed by atoms with E-state index in [1.54, 1.807) is 0 Å². The second-order valence-electron chi connectivity index (χ2n) is 4.36. The number of benzene rings is 1. The molecular formula is C14H21F2NO. The SMILES string of the molecule is CCCCCCCOc1c(F)cc(CN)cc1F. The van der Waals surface area contributed by atoms with Crippen LogP contribution in [0.1, 0.15) is 44.6 Å². The summed E-state index contributed by atoms with van der Waals surface area (Å²) in [6, 6.07) is 2.44. The Balaban J connectivity index is 2.42. The molecule has 0 bridgehead atoms. The highest BCUT2D eigenvalue weighted by atomic mass is 19.1. The van der Waals surface area contributed by atoms with E-state index in [9.17, 15) is 8.78 Å². The topological polar surface area (TPSA) is 35.2 Å². The molecule has 2 nitrogen and oxygen atoms in total. The summed E-state index contributed by atoms with van der Waals surface area (Å²) in [4.78, 5) is 0. The molecule has 0 amide bonds. The quantitative estimate of drug-likeness (QED) is 0.719. The molecule has 0 fully saturated rings. The Morgan fingerprint density at radius 2 is 1.67 bits per heavy atom. The molecule has 2 N–H and O–H groups in total. The maximum atomic E-state index is 13.5. The molecule has 0 radical (unpaired) electrons. The smallest absolute Gasteiger partial charge is 0.190 e. The van der Waals surface area contributed by atoms with Gasteiger partial charge in [0.2, 0.25) is 0 Å². The van der Waals surface area contributed by atoms with Crippen molar-refractivity contribution in [2.24, 2.45) is 5.73 Å². The first-order chi connectivity index (χ1) is 8.69. The Morgan fingerprint density at radius 1 is 1.06 bits per heavy atom. The van der Waals surface area contributed by atoms with E-state index in [2.05, 4.69) is 6.92 Å². The van der Waals surface area contributed by atoms with E-state index in [4.69, 9.17) is 10.5 Å². The van der Waals surface area contributed by atoms with Gasteiger partial charge in [0.25, 0.3) is 0 Å². The molecule has 0 atom stereocenters. The number of halogens is 2. The lowest BCUT2D eigenvalue weighted by Crippen LogP contribution is -2.04. The molecule has 0 aliphatic rings. The molecule has 0 aliphatic carbocycles. The molecule has 0 heterocycles. The highest BCUT2D eigenvalue weighted by Crippen LogP contribution is 2.23. The van der Waals surface area contributed by atoms with Crippen LogP contribution in [0.2, 0.25) is 0 Å². The van der Waals surface area contributed by atoms with Gasteiger partial charge in [0.15, 0.2) is 17.4 Å². The number of ether oxygens (including phenoxy) is 1. The fourth-order valence-corrected chi connectivity index (χ4v) is 1.75. The van der Waals surface area contributed by atoms with Crippen LogP contribution in [0.15, 0.2) is 12.1 Å². The lowest BCUT2D eigenvalue weighted by Gasteiger charge is -2.09. The molecule has 0 unspecified atom stereocenters. The summed E-state index contributed by atoms with van der Waals surface area (Å²) >= 11 is 0. The number of unbranched alkanes of at least 4 members (excludes halogenated alkanes) is 4. The number of nitrogens with two attached hydrogens (primary N) is 1. The summed E-state index contributed by atoms with van der Waals surface area (Å²) in [5, 5.41) is 0. The first kappa shape index (κ1) is 14.9. The Kier molecular flexibility index (Phi) is 6.65. The number of hydrogen-bond acceptors (Lipinski definition) is 2. The van der Waals surface area contributed by atoms with Gasteiger partial charge in [0.1, 0.15) is 0 Å². The molecule has 102 valence electrons. The van der Waals surface area contributed by atoms with E-state index in [0.717, 1.165) is 19.3 Å². The minimum Gasteiger partial charge on any atom is -0.488 e. The molecule has 0 spiro atoms. The summed E-state index contributed by atoms with van der Waals surface area (Å²) in [7, 11) is 0. The summed E-state index contributed by atoms with van der Waals surface area (Å²) < 4.78 is 32.2. The molecule has 0 saturated heterocycles. The van der Waals surface area contributed by atoms with Gasteiger partial charge in [-0.15, -0.1) is 0 Å². The van der Waals surface area contributed by atoms with E-state index >= 15 is 0 Å². The van der Waals surface area contributed by atoms with Crippen molar-refractivity contribution in [2.45, 2.75) is 45.6 Å². The molecule has 1 aromatic carbocycles.